The van der Waals surface area contributed by atoms with Gasteiger partial charge in [-0.2, -0.15) is 0 Å². The maximum absolute atomic E-state index is 12.3. The van der Waals surface area contributed by atoms with Crippen LogP contribution in [-0.2, 0) is 4.79 Å². The second kappa shape index (κ2) is 9.83. The second-order valence-corrected chi connectivity index (χ2v) is 5.03. The number of nitrogens with two attached hydrogens (primary N) is 1. The highest BCUT2D eigenvalue weighted by Gasteiger charge is 2.42. The van der Waals surface area contributed by atoms with Crippen LogP contribution in [0.5, 0.6) is 0 Å². The number of amides is 3. The number of carbonyl (C=O) groups excluding carboxylic acids is 2. The fourth-order valence-corrected chi connectivity index (χ4v) is 2.45. The highest BCUT2D eigenvalue weighted by molar-refractivity contribution is 5.91. The molecule has 0 saturated heterocycles. The standard InChI is InChI=1S/C13H26N4O2.ClH/c1-2-15-12(19)17-13(7-3-4-8-13)11(18)16-10-6-5-9-14;/h2-10,14H2,1H3,(H,16,18)(H2,15,17,19);1H. The molecule has 0 radical (unpaired) electrons. The summed E-state index contributed by atoms with van der Waals surface area (Å²) in [6.45, 7) is 3.67. The van der Waals surface area contributed by atoms with E-state index in [2.05, 4.69) is 16.0 Å². The maximum Gasteiger partial charge on any atom is 0.315 e. The van der Waals surface area contributed by atoms with E-state index >= 15 is 0 Å². The van der Waals surface area contributed by atoms with E-state index in [0.29, 0.717) is 32.5 Å². The van der Waals surface area contributed by atoms with E-state index in [4.69, 9.17) is 5.73 Å². The van der Waals surface area contributed by atoms with Crippen LogP contribution in [0.15, 0.2) is 0 Å². The van der Waals surface area contributed by atoms with Gasteiger partial charge in [-0.3, -0.25) is 4.79 Å². The third-order valence-electron chi connectivity index (χ3n) is 3.50. The zero-order valence-electron chi connectivity index (χ0n) is 12.2. The van der Waals surface area contributed by atoms with Crippen molar-refractivity contribution >= 4 is 24.3 Å². The molecule has 5 N–H and O–H groups in total. The molecule has 7 heteroatoms. The Bertz CT molecular complexity index is 307. The van der Waals surface area contributed by atoms with Crippen molar-refractivity contribution in [2.45, 2.75) is 51.0 Å². The fraction of sp³-hybridized carbons (Fsp3) is 0.846. The molecule has 0 bridgehead atoms. The van der Waals surface area contributed by atoms with Gasteiger partial charge in [-0.1, -0.05) is 12.8 Å². The molecule has 6 nitrogen and oxygen atoms in total. The van der Waals surface area contributed by atoms with Crippen molar-refractivity contribution in [3.8, 4) is 0 Å². The van der Waals surface area contributed by atoms with E-state index < -0.39 is 5.54 Å². The number of hydrogen-bond donors (Lipinski definition) is 4. The van der Waals surface area contributed by atoms with Crippen LogP contribution in [0, 0.1) is 0 Å². The number of nitrogens with one attached hydrogen (secondary N) is 3. The molecule has 0 atom stereocenters. The molecule has 1 saturated carbocycles. The predicted molar refractivity (Wildman–Crippen MR) is 82.0 cm³/mol. The Morgan fingerprint density at radius 2 is 1.80 bits per heavy atom. The maximum atomic E-state index is 12.3. The summed E-state index contributed by atoms with van der Waals surface area (Å²) in [6.07, 6.45) is 5.15. The molecule has 1 rings (SSSR count). The van der Waals surface area contributed by atoms with E-state index in [1.165, 1.54) is 0 Å². The lowest BCUT2D eigenvalue weighted by Gasteiger charge is -2.29. The third-order valence-corrected chi connectivity index (χ3v) is 3.50. The van der Waals surface area contributed by atoms with E-state index in [-0.39, 0.29) is 24.3 Å². The van der Waals surface area contributed by atoms with Gasteiger partial charge in [0.2, 0.25) is 5.91 Å². The van der Waals surface area contributed by atoms with Crippen molar-refractivity contribution in [2.24, 2.45) is 5.73 Å². The Hall–Kier alpha value is -1.01. The molecule has 0 aromatic heterocycles. The zero-order valence-corrected chi connectivity index (χ0v) is 13.0. The summed E-state index contributed by atoms with van der Waals surface area (Å²) in [5.74, 6) is -0.0618. The minimum absolute atomic E-state index is 0. The molecular formula is C13H27ClN4O2. The Morgan fingerprint density at radius 3 is 2.35 bits per heavy atom. The van der Waals surface area contributed by atoms with Crippen LogP contribution < -0.4 is 21.7 Å². The normalized spacial score (nSPS) is 16.1. The van der Waals surface area contributed by atoms with Crippen LogP contribution in [0.3, 0.4) is 0 Å². The lowest BCUT2D eigenvalue weighted by atomic mass is 9.96. The number of halogens is 1. The van der Waals surface area contributed by atoms with Gasteiger partial charge >= 0.3 is 6.03 Å². The average molecular weight is 307 g/mol. The molecular weight excluding hydrogens is 280 g/mol. The highest BCUT2D eigenvalue weighted by atomic mass is 35.5. The van der Waals surface area contributed by atoms with Crippen LogP contribution in [-0.4, -0.2) is 37.1 Å². The Balaban J connectivity index is 0.00000361. The molecule has 1 aliphatic rings. The van der Waals surface area contributed by atoms with Crippen LogP contribution in [0.2, 0.25) is 0 Å². The molecule has 1 aliphatic carbocycles. The molecule has 0 aromatic carbocycles. The van der Waals surface area contributed by atoms with E-state index in [1.807, 2.05) is 6.92 Å². The van der Waals surface area contributed by atoms with Gasteiger partial charge in [-0.15, -0.1) is 12.4 Å². The molecule has 3 amide bonds. The topological polar surface area (TPSA) is 96.2 Å². The first-order chi connectivity index (χ1) is 9.14. The summed E-state index contributed by atoms with van der Waals surface area (Å²) in [5.41, 5.74) is 4.69. The third kappa shape index (κ3) is 5.54. The molecule has 0 aliphatic heterocycles. The fourth-order valence-electron chi connectivity index (χ4n) is 2.45. The van der Waals surface area contributed by atoms with Crippen LogP contribution in [0.25, 0.3) is 0 Å². The Morgan fingerprint density at radius 1 is 1.15 bits per heavy atom. The lowest BCUT2D eigenvalue weighted by molar-refractivity contribution is -0.127. The summed E-state index contributed by atoms with van der Waals surface area (Å²) >= 11 is 0. The van der Waals surface area contributed by atoms with Crippen LogP contribution >= 0.6 is 12.4 Å². The first kappa shape index (κ1) is 19.0. The molecule has 20 heavy (non-hydrogen) atoms. The SMILES string of the molecule is CCNC(=O)NC1(C(=O)NCCCCN)CCCC1.Cl. The monoisotopic (exact) mass is 306 g/mol. The summed E-state index contributed by atoms with van der Waals surface area (Å²) in [4.78, 5) is 24.0. The average Bonchev–Trinajstić information content (AvgIpc) is 2.84. The minimum atomic E-state index is -0.720. The minimum Gasteiger partial charge on any atom is -0.354 e. The highest BCUT2D eigenvalue weighted by Crippen LogP contribution is 2.29. The van der Waals surface area contributed by atoms with Crippen molar-refractivity contribution < 1.29 is 9.59 Å². The van der Waals surface area contributed by atoms with E-state index in [9.17, 15) is 9.59 Å². The van der Waals surface area contributed by atoms with Crippen molar-refractivity contribution in [3.63, 3.8) is 0 Å². The summed E-state index contributed by atoms with van der Waals surface area (Å²) in [5, 5.41) is 8.44. The van der Waals surface area contributed by atoms with Gasteiger partial charge < -0.3 is 21.7 Å². The Labute approximate surface area is 127 Å². The second-order valence-electron chi connectivity index (χ2n) is 5.03. The quantitative estimate of drug-likeness (QED) is 0.526. The number of unbranched alkanes of at least 4 members (excludes halogenated alkanes) is 1. The number of hydrogen-bond acceptors (Lipinski definition) is 3. The lowest BCUT2D eigenvalue weighted by Crippen LogP contribution is -2.59. The van der Waals surface area contributed by atoms with Crippen molar-refractivity contribution in [1.82, 2.24) is 16.0 Å². The van der Waals surface area contributed by atoms with Gasteiger partial charge in [0.25, 0.3) is 0 Å². The van der Waals surface area contributed by atoms with Gasteiger partial charge in [-0.05, 0) is 39.2 Å². The largest absolute Gasteiger partial charge is 0.354 e. The van der Waals surface area contributed by atoms with Gasteiger partial charge in [0.1, 0.15) is 5.54 Å². The van der Waals surface area contributed by atoms with Crippen LogP contribution in [0.1, 0.15) is 45.4 Å². The van der Waals surface area contributed by atoms with Crippen molar-refractivity contribution in [2.75, 3.05) is 19.6 Å². The van der Waals surface area contributed by atoms with E-state index in [1.54, 1.807) is 0 Å². The molecule has 0 unspecified atom stereocenters. The summed E-state index contributed by atoms with van der Waals surface area (Å²) in [7, 11) is 0. The summed E-state index contributed by atoms with van der Waals surface area (Å²) in [6, 6.07) is -0.262. The summed E-state index contributed by atoms with van der Waals surface area (Å²) < 4.78 is 0. The van der Waals surface area contributed by atoms with Gasteiger partial charge in [0.05, 0.1) is 0 Å². The van der Waals surface area contributed by atoms with Crippen LogP contribution in [0.4, 0.5) is 4.79 Å². The van der Waals surface area contributed by atoms with Gasteiger partial charge in [0.15, 0.2) is 0 Å². The Kier molecular flexibility index (Phi) is 9.33. The molecule has 0 heterocycles. The number of urea groups is 1. The zero-order chi connectivity index (χ0) is 14.1. The predicted octanol–water partition coefficient (Wildman–Crippen LogP) is 0.895. The van der Waals surface area contributed by atoms with Crippen molar-refractivity contribution in [1.29, 1.82) is 0 Å². The first-order valence-electron chi connectivity index (χ1n) is 7.19. The number of carbonyl (C=O) groups is 2. The van der Waals surface area contributed by atoms with Crippen molar-refractivity contribution in [3.05, 3.63) is 0 Å². The van der Waals surface area contributed by atoms with Gasteiger partial charge in [0, 0.05) is 13.1 Å². The smallest absolute Gasteiger partial charge is 0.315 e. The first-order valence-corrected chi connectivity index (χ1v) is 7.19. The van der Waals surface area contributed by atoms with Gasteiger partial charge in [-0.25, -0.2) is 4.79 Å². The molecule has 1 fully saturated rings. The molecule has 0 spiro atoms. The molecule has 118 valence electrons. The van der Waals surface area contributed by atoms with E-state index in [0.717, 1.165) is 25.7 Å². The number of rotatable bonds is 7. The molecule has 0 aromatic rings.